The van der Waals surface area contributed by atoms with Crippen LogP contribution in [0.5, 0.6) is 0 Å². The first-order valence-electron chi connectivity index (χ1n) is 9.09. The second-order valence-corrected chi connectivity index (χ2v) is 6.79. The van der Waals surface area contributed by atoms with E-state index in [1.165, 1.54) is 0 Å². The third kappa shape index (κ3) is 3.83. The molecule has 1 saturated heterocycles. The summed E-state index contributed by atoms with van der Waals surface area (Å²) >= 11 is 0. The van der Waals surface area contributed by atoms with E-state index >= 15 is 0 Å². The largest absolute Gasteiger partial charge is 0.368 e. The van der Waals surface area contributed by atoms with E-state index in [-0.39, 0.29) is 5.95 Å². The summed E-state index contributed by atoms with van der Waals surface area (Å²) in [5, 5.41) is 12.2. The molecule has 0 unspecified atom stereocenters. The molecule has 0 amide bonds. The highest BCUT2D eigenvalue weighted by Gasteiger charge is 2.23. The number of anilines is 3. The number of para-hydroxylation sites is 1. The molecule has 4 rings (SSSR count). The molecule has 11 heteroatoms. The normalized spacial score (nSPS) is 15.0. The monoisotopic (exact) mass is 381 g/mol. The van der Waals surface area contributed by atoms with Crippen LogP contribution in [0.4, 0.5) is 17.8 Å². The lowest BCUT2D eigenvalue weighted by Crippen LogP contribution is -2.47. The summed E-state index contributed by atoms with van der Waals surface area (Å²) in [6, 6.07) is 9.90. The quantitative estimate of drug-likeness (QED) is 0.637. The molecule has 1 aliphatic rings. The Balaban J connectivity index is 1.42. The minimum Gasteiger partial charge on any atom is -0.368 e. The fourth-order valence-electron chi connectivity index (χ4n) is 3.12. The maximum atomic E-state index is 5.82. The summed E-state index contributed by atoms with van der Waals surface area (Å²) < 4.78 is 1.77. The van der Waals surface area contributed by atoms with Gasteiger partial charge in [-0.05, 0) is 22.6 Å². The van der Waals surface area contributed by atoms with E-state index in [9.17, 15) is 0 Å². The standard InChI is InChI=1S/C17H23N11/c1-25(2)16-20-14(19-15(18)21-16)12-26-8-10-27(11-9-26)17-22-23-24-28(17)13-6-4-3-5-7-13/h3-7H,8-12H2,1-2H3,(H2,18,19,20,21). The lowest BCUT2D eigenvalue weighted by Gasteiger charge is -2.34. The second kappa shape index (κ2) is 7.72. The van der Waals surface area contributed by atoms with Crippen molar-refractivity contribution in [3.63, 3.8) is 0 Å². The van der Waals surface area contributed by atoms with E-state index in [1.54, 1.807) is 4.68 Å². The predicted molar refractivity (Wildman–Crippen MR) is 105 cm³/mol. The number of benzene rings is 1. The minimum absolute atomic E-state index is 0.245. The van der Waals surface area contributed by atoms with Gasteiger partial charge in [-0.2, -0.15) is 19.6 Å². The Morgan fingerprint density at radius 1 is 1.00 bits per heavy atom. The van der Waals surface area contributed by atoms with Crippen LogP contribution < -0.4 is 15.5 Å². The van der Waals surface area contributed by atoms with E-state index < -0.39 is 0 Å². The second-order valence-electron chi connectivity index (χ2n) is 6.79. The van der Waals surface area contributed by atoms with Crippen molar-refractivity contribution in [2.75, 3.05) is 55.8 Å². The van der Waals surface area contributed by atoms with Gasteiger partial charge in [0.2, 0.25) is 17.8 Å². The van der Waals surface area contributed by atoms with Crippen molar-refractivity contribution in [2.24, 2.45) is 0 Å². The molecule has 0 spiro atoms. The molecule has 3 aromatic rings. The van der Waals surface area contributed by atoms with Crippen LogP contribution in [0.15, 0.2) is 30.3 Å². The van der Waals surface area contributed by atoms with Gasteiger partial charge in [-0.25, -0.2) is 0 Å². The average Bonchev–Trinajstić information content (AvgIpc) is 3.18. The fourth-order valence-corrected chi connectivity index (χ4v) is 3.12. The zero-order valence-electron chi connectivity index (χ0n) is 16.0. The van der Waals surface area contributed by atoms with E-state index in [0.29, 0.717) is 18.3 Å². The molecule has 28 heavy (non-hydrogen) atoms. The lowest BCUT2D eigenvalue weighted by molar-refractivity contribution is 0.242. The average molecular weight is 381 g/mol. The van der Waals surface area contributed by atoms with E-state index in [0.717, 1.165) is 37.8 Å². The van der Waals surface area contributed by atoms with Crippen LogP contribution in [0.25, 0.3) is 5.69 Å². The van der Waals surface area contributed by atoms with Gasteiger partial charge in [0.25, 0.3) is 0 Å². The number of nitrogens with zero attached hydrogens (tertiary/aromatic N) is 10. The third-order valence-electron chi connectivity index (χ3n) is 4.56. The minimum atomic E-state index is 0.245. The van der Waals surface area contributed by atoms with Gasteiger partial charge in [0, 0.05) is 40.3 Å². The zero-order chi connectivity index (χ0) is 19.5. The first-order valence-corrected chi connectivity index (χ1v) is 9.09. The van der Waals surface area contributed by atoms with Crippen molar-refractivity contribution in [3.05, 3.63) is 36.2 Å². The van der Waals surface area contributed by atoms with Gasteiger partial charge >= 0.3 is 0 Å². The van der Waals surface area contributed by atoms with Crippen LogP contribution in [0.1, 0.15) is 5.82 Å². The molecule has 11 nitrogen and oxygen atoms in total. The topological polar surface area (TPSA) is 118 Å². The molecule has 2 aromatic heterocycles. The van der Waals surface area contributed by atoms with Gasteiger partial charge in [0.05, 0.1) is 12.2 Å². The number of hydrogen-bond donors (Lipinski definition) is 1. The molecule has 146 valence electrons. The van der Waals surface area contributed by atoms with Crippen LogP contribution in [0.3, 0.4) is 0 Å². The number of aromatic nitrogens is 7. The van der Waals surface area contributed by atoms with Crippen LogP contribution in [0.2, 0.25) is 0 Å². The van der Waals surface area contributed by atoms with Crippen LogP contribution >= 0.6 is 0 Å². The molecule has 2 N–H and O–H groups in total. The lowest BCUT2D eigenvalue weighted by atomic mass is 10.3. The third-order valence-corrected chi connectivity index (χ3v) is 4.56. The molecule has 0 bridgehead atoms. The molecule has 3 heterocycles. The van der Waals surface area contributed by atoms with Crippen LogP contribution in [-0.4, -0.2) is 80.3 Å². The number of hydrogen-bond acceptors (Lipinski definition) is 10. The van der Waals surface area contributed by atoms with Crippen molar-refractivity contribution in [1.29, 1.82) is 0 Å². The molecule has 0 saturated carbocycles. The van der Waals surface area contributed by atoms with Crippen molar-refractivity contribution in [3.8, 4) is 5.69 Å². The molecular formula is C17H23N11. The van der Waals surface area contributed by atoms with Crippen molar-refractivity contribution < 1.29 is 0 Å². The van der Waals surface area contributed by atoms with Gasteiger partial charge in [-0.3, -0.25) is 4.90 Å². The number of nitrogens with two attached hydrogens (primary N) is 1. The van der Waals surface area contributed by atoms with Crippen molar-refractivity contribution >= 4 is 17.8 Å². The number of tetrazole rings is 1. The Morgan fingerprint density at radius 2 is 1.75 bits per heavy atom. The maximum absolute atomic E-state index is 5.82. The Bertz CT molecular complexity index is 916. The number of nitrogen functional groups attached to an aromatic ring is 1. The van der Waals surface area contributed by atoms with E-state index in [1.807, 2.05) is 49.3 Å². The first kappa shape index (κ1) is 18.0. The van der Waals surface area contributed by atoms with Gasteiger partial charge in [-0.1, -0.05) is 23.3 Å². The van der Waals surface area contributed by atoms with Crippen LogP contribution in [0, 0.1) is 0 Å². The van der Waals surface area contributed by atoms with E-state index in [2.05, 4.69) is 40.3 Å². The van der Waals surface area contributed by atoms with Gasteiger partial charge in [0.15, 0.2) is 0 Å². The number of piperazine rings is 1. The Hall–Kier alpha value is -3.34. The summed E-state index contributed by atoms with van der Waals surface area (Å²) in [6.45, 7) is 3.96. The molecule has 0 atom stereocenters. The van der Waals surface area contributed by atoms with Gasteiger partial charge < -0.3 is 15.5 Å². The maximum Gasteiger partial charge on any atom is 0.250 e. The van der Waals surface area contributed by atoms with Crippen molar-refractivity contribution in [1.82, 2.24) is 40.1 Å². The van der Waals surface area contributed by atoms with Gasteiger partial charge in [0.1, 0.15) is 5.82 Å². The molecule has 1 fully saturated rings. The zero-order valence-corrected chi connectivity index (χ0v) is 16.0. The predicted octanol–water partition coefficient (Wildman–Crippen LogP) is -0.182. The highest BCUT2D eigenvalue weighted by Crippen LogP contribution is 2.17. The SMILES string of the molecule is CN(C)c1nc(N)nc(CN2CCN(c3nnnn3-c3ccccc3)CC2)n1. The summed E-state index contributed by atoms with van der Waals surface area (Å²) in [5.74, 6) is 2.25. The summed E-state index contributed by atoms with van der Waals surface area (Å²) in [5.41, 5.74) is 6.77. The summed E-state index contributed by atoms with van der Waals surface area (Å²) in [6.07, 6.45) is 0. The first-order chi connectivity index (χ1) is 13.6. The fraction of sp³-hybridized carbons (Fsp3) is 0.412. The Morgan fingerprint density at radius 3 is 2.46 bits per heavy atom. The highest BCUT2D eigenvalue weighted by atomic mass is 15.6. The van der Waals surface area contributed by atoms with Gasteiger partial charge in [-0.15, -0.1) is 0 Å². The van der Waals surface area contributed by atoms with Crippen LogP contribution in [-0.2, 0) is 6.54 Å². The van der Waals surface area contributed by atoms with Crippen molar-refractivity contribution in [2.45, 2.75) is 6.54 Å². The molecule has 0 radical (unpaired) electrons. The van der Waals surface area contributed by atoms with E-state index in [4.69, 9.17) is 5.73 Å². The smallest absolute Gasteiger partial charge is 0.250 e. The Kier molecular flexibility index (Phi) is 4.98. The summed E-state index contributed by atoms with van der Waals surface area (Å²) in [4.78, 5) is 19.2. The Labute approximate surface area is 162 Å². The molecule has 0 aliphatic carbocycles. The highest BCUT2D eigenvalue weighted by molar-refractivity contribution is 5.41. The molecule has 1 aliphatic heterocycles. The number of rotatable bonds is 5. The molecular weight excluding hydrogens is 358 g/mol. The molecule has 1 aromatic carbocycles. The summed E-state index contributed by atoms with van der Waals surface area (Å²) in [7, 11) is 3.77.